The van der Waals surface area contributed by atoms with E-state index in [2.05, 4.69) is 13.2 Å². The third-order valence-electron chi connectivity index (χ3n) is 2.56. The predicted molar refractivity (Wildman–Crippen MR) is 36.8 cm³/mol. The summed E-state index contributed by atoms with van der Waals surface area (Å²) in [5, 5.41) is 3.32. The zero-order valence-corrected chi connectivity index (χ0v) is 5.41. The zero-order chi connectivity index (χ0) is 5.61. The predicted octanol–water partition coefficient (Wildman–Crippen LogP) is -0.209. The van der Waals surface area contributed by atoms with Crippen LogP contribution < -0.4 is 5.32 Å². The first kappa shape index (κ1) is 4.86. The minimum Gasteiger partial charge on any atom is -0.316 e. The Hall–Kier alpha value is 0.0249. The summed E-state index contributed by atoms with van der Waals surface area (Å²) < 4.78 is 0. The molecule has 1 saturated heterocycles. The van der Waals surface area contributed by atoms with E-state index in [1.54, 1.807) is 0 Å². The first-order valence-electron chi connectivity index (χ1n) is 3.52. The van der Waals surface area contributed by atoms with Gasteiger partial charge in [0, 0.05) is 13.1 Å². The van der Waals surface area contributed by atoms with Crippen LogP contribution in [-0.4, -0.2) is 20.9 Å². The van der Waals surface area contributed by atoms with Crippen LogP contribution in [0.15, 0.2) is 0 Å². The highest BCUT2D eigenvalue weighted by Gasteiger charge is 2.45. The van der Waals surface area contributed by atoms with Gasteiger partial charge in [0.25, 0.3) is 0 Å². The summed E-state index contributed by atoms with van der Waals surface area (Å²) in [5.74, 6) is 1.03. The maximum absolute atomic E-state index is 3.32. The molecule has 0 aromatic heterocycles. The summed E-state index contributed by atoms with van der Waals surface area (Å²) >= 11 is 0. The Bertz CT molecular complexity index is 101. The van der Waals surface area contributed by atoms with Crippen LogP contribution in [-0.2, 0) is 0 Å². The Balaban J connectivity index is 1.92. The molecule has 44 valence electrons. The molecule has 0 amide bonds. The van der Waals surface area contributed by atoms with E-state index in [4.69, 9.17) is 0 Å². The van der Waals surface area contributed by atoms with Crippen LogP contribution in [0.25, 0.3) is 0 Å². The van der Waals surface area contributed by atoms with Gasteiger partial charge in [0.1, 0.15) is 7.85 Å². The summed E-state index contributed by atoms with van der Waals surface area (Å²) in [6.45, 7) is 2.61. The Morgan fingerprint density at radius 3 is 2.12 bits per heavy atom. The SMILES string of the molecule is BC1CC2(CNC2)C1. The largest absolute Gasteiger partial charge is 0.316 e. The molecule has 1 nitrogen and oxygen atoms in total. The van der Waals surface area contributed by atoms with Crippen LogP contribution in [0.2, 0.25) is 5.82 Å². The molecule has 0 aromatic carbocycles. The van der Waals surface area contributed by atoms with Gasteiger partial charge < -0.3 is 5.32 Å². The zero-order valence-electron chi connectivity index (χ0n) is 5.41. The molecule has 8 heavy (non-hydrogen) atoms. The number of nitrogens with one attached hydrogen (secondary N) is 1. The van der Waals surface area contributed by atoms with E-state index in [0.29, 0.717) is 0 Å². The fourth-order valence-electron chi connectivity index (χ4n) is 2.19. The van der Waals surface area contributed by atoms with Crippen molar-refractivity contribution >= 4 is 7.85 Å². The second-order valence-electron chi connectivity index (χ2n) is 3.62. The maximum Gasteiger partial charge on any atom is 0.105 e. The molecule has 1 saturated carbocycles. The van der Waals surface area contributed by atoms with Crippen molar-refractivity contribution in [3.05, 3.63) is 0 Å². The third-order valence-corrected chi connectivity index (χ3v) is 2.56. The van der Waals surface area contributed by atoms with Crippen molar-refractivity contribution in [3.63, 3.8) is 0 Å². The van der Waals surface area contributed by atoms with Gasteiger partial charge in [-0.2, -0.15) is 0 Å². The van der Waals surface area contributed by atoms with Gasteiger partial charge in [0.15, 0.2) is 0 Å². The lowest BCUT2D eigenvalue weighted by Gasteiger charge is -2.53. The van der Waals surface area contributed by atoms with Crippen LogP contribution in [0.1, 0.15) is 12.8 Å². The van der Waals surface area contributed by atoms with Gasteiger partial charge in [-0.15, -0.1) is 0 Å². The van der Waals surface area contributed by atoms with Gasteiger partial charge in [-0.1, -0.05) is 5.82 Å². The van der Waals surface area contributed by atoms with Crippen molar-refractivity contribution < 1.29 is 0 Å². The van der Waals surface area contributed by atoms with E-state index in [1.807, 2.05) is 0 Å². The standard InChI is InChI=1S/C6H12BN/c7-5-1-6(2-5)3-8-4-6/h5,8H,1-4,7H2. The molecule has 0 radical (unpaired) electrons. The average molecular weight is 109 g/mol. The smallest absolute Gasteiger partial charge is 0.105 e. The minimum atomic E-state index is 0.805. The number of hydrogen-bond acceptors (Lipinski definition) is 1. The van der Waals surface area contributed by atoms with E-state index < -0.39 is 0 Å². The minimum absolute atomic E-state index is 0.805. The molecule has 1 aliphatic carbocycles. The Morgan fingerprint density at radius 2 is 2.00 bits per heavy atom. The second-order valence-corrected chi connectivity index (χ2v) is 3.62. The Morgan fingerprint density at radius 1 is 1.38 bits per heavy atom. The molecule has 2 heteroatoms. The molecule has 2 fully saturated rings. The van der Waals surface area contributed by atoms with Gasteiger partial charge in [-0.05, 0) is 18.3 Å². The highest BCUT2D eigenvalue weighted by atomic mass is 15.0. The molecule has 0 aromatic rings. The Kier molecular flexibility index (Phi) is 0.788. The maximum atomic E-state index is 3.32. The molecular formula is C6H12BN. The normalized spacial score (nSPS) is 34.0. The molecule has 1 aliphatic heterocycles. The molecule has 2 aliphatic rings. The molecule has 1 heterocycles. The summed E-state index contributed by atoms with van der Waals surface area (Å²) in [4.78, 5) is 0. The molecule has 0 atom stereocenters. The lowest BCUT2D eigenvalue weighted by molar-refractivity contribution is 0.0616. The molecule has 0 bridgehead atoms. The molecular weight excluding hydrogens is 96.9 g/mol. The monoisotopic (exact) mass is 109 g/mol. The van der Waals surface area contributed by atoms with Crippen LogP contribution >= 0.6 is 0 Å². The molecule has 1 spiro atoms. The third kappa shape index (κ3) is 0.468. The topological polar surface area (TPSA) is 12.0 Å². The first-order chi connectivity index (χ1) is 3.81. The second kappa shape index (κ2) is 1.30. The van der Waals surface area contributed by atoms with E-state index in [-0.39, 0.29) is 0 Å². The van der Waals surface area contributed by atoms with Crippen LogP contribution in [0, 0.1) is 5.41 Å². The first-order valence-corrected chi connectivity index (χ1v) is 3.52. The van der Waals surface area contributed by atoms with E-state index in [9.17, 15) is 0 Å². The van der Waals surface area contributed by atoms with Gasteiger partial charge in [0.2, 0.25) is 0 Å². The summed E-state index contributed by atoms with van der Waals surface area (Å²) in [6.07, 6.45) is 2.97. The van der Waals surface area contributed by atoms with Gasteiger partial charge in [-0.25, -0.2) is 0 Å². The van der Waals surface area contributed by atoms with Crippen molar-refractivity contribution in [3.8, 4) is 0 Å². The quantitative estimate of drug-likeness (QED) is 0.424. The summed E-state index contributed by atoms with van der Waals surface area (Å²) in [7, 11) is 2.35. The lowest BCUT2D eigenvalue weighted by Crippen LogP contribution is -2.58. The fourth-order valence-corrected chi connectivity index (χ4v) is 2.19. The van der Waals surface area contributed by atoms with Crippen molar-refractivity contribution in [2.24, 2.45) is 5.41 Å². The highest BCUT2D eigenvalue weighted by Crippen LogP contribution is 2.50. The Labute approximate surface area is 51.3 Å². The van der Waals surface area contributed by atoms with Crippen molar-refractivity contribution in [1.29, 1.82) is 0 Å². The molecule has 1 N–H and O–H groups in total. The fraction of sp³-hybridized carbons (Fsp3) is 1.00. The van der Waals surface area contributed by atoms with Crippen LogP contribution in [0.5, 0.6) is 0 Å². The van der Waals surface area contributed by atoms with Gasteiger partial charge in [-0.3, -0.25) is 0 Å². The summed E-state index contributed by atoms with van der Waals surface area (Å²) in [6, 6.07) is 0. The van der Waals surface area contributed by atoms with E-state index in [0.717, 1.165) is 11.2 Å². The molecule has 2 rings (SSSR count). The molecule has 0 unspecified atom stereocenters. The number of rotatable bonds is 0. The van der Waals surface area contributed by atoms with Crippen molar-refractivity contribution in [1.82, 2.24) is 5.32 Å². The van der Waals surface area contributed by atoms with Gasteiger partial charge in [0.05, 0.1) is 0 Å². The van der Waals surface area contributed by atoms with Crippen LogP contribution in [0.4, 0.5) is 0 Å². The summed E-state index contributed by atoms with van der Waals surface area (Å²) in [5.41, 5.74) is 0.805. The van der Waals surface area contributed by atoms with Crippen molar-refractivity contribution in [2.75, 3.05) is 13.1 Å². The van der Waals surface area contributed by atoms with E-state index in [1.165, 1.54) is 25.9 Å². The van der Waals surface area contributed by atoms with E-state index >= 15 is 0 Å². The highest BCUT2D eigenvalue weighted by molar-refractivity contribution is 6.12. The van der Waals surface area contributed by atoms with Gasteiger partial charge >= 0.3 is 0 Å². The van der Waals surface area contributed by atoms with Crippen LogP contribution in [0.3, 0.4) is 0 Å². The average Bonchev–Trinajstić information content (AvgIpc) is 1.51. The lowest BCUT2D eigenvalue weighted by atomic mass is 9.52. The number of hydrogen-bond donors (Lipinski definition) is 1. The van der Waals surface area contributed by atoms with Crippen molar-refractivity contribution in [2.45, 2.75) is 18.7 Å².